The van der Waals surface area contributed by atoms with Gasteiger partial charge in [-0.25, -0.2) is 0 Å². The second-order valence-corrected chi connectivity index (χ2v) is 8.03. The fourth-order valence-corrected chi connectivity index (χ4v) is 3.70. The van der Waals surface area contributed by atoms with Crippen molar-refractivity contribution in [1.82, 2.24) is 0 Å². The van der Waals surface area contributed by atoms with Crippen molar-refractivity contribution < 1.29 is 23.9 Å². The first-order chi connectivity index (χ1) is 14.3. The molecule has 1 heterocycles. The molecule has 2 amide bonds. The average molecular weight is 496 g/mol. The van der Waals surface area contributed by atoms with Crippen molar-refractivity contribution in [3.8, 4) is 5.75 Å². The van der Waals surface area contributed by atoms with Gasteiger partial charge >= 0.3 is 5.97 Å². The molecule has 0 aliphatic carbocycles. The Morgan fingerprint density at radius 1 is 1.23 bits per heavy atom. The van der Waals surface area contributed by atoms with Crippen LogP contribution in [-0.4, -0.2) is 38.0 Å². The number of halogens is 2. The van der Waals surface area contributed by atoms with Crippen molar-refractivity contribution in [2.45, 2.75) is 13.3 Å². The molecule has 1 aliphatic heterocycles. The molecule has 0 aromatic heterocycles. The summed E-state index contributed by atoms with van der Waals surface area (Å²) in [7, 11) is 1.56. The van der Waals surface area contributed by atoms with Gasteiger partial charge in [0.25, 0.3) is 5.91 Å². The standard InChI is InChI=1S/C21H20BrClN2O5/c1-12-17(8-7-16(22)20(12)23)24-18(26)11-30-21(28)13-9-19(27)25(10-13)14-3-5-15(29-2)6-4-14/h3-8,13H,9-11H2,1-2H3,(H,24,26)/t13-/m0/s1. The van der Waals surface area contributed by atoms with Crippen molar-refractivity contribution in [2.75, 3.05) is 30.5 Å². The summed E-state index contributed by atoms with van der Waals surface area (Å²) in [5, 5.41) is 3.16. The summed E-state index contributed by atoms with van der Waals surface area (Å²) in [4.78, 5) is 38.4. The number of amides is 2. The first-order valence-electron chi connectivity index (χ1n) is 9.15. The van der Waals surface area contributed by atoms with Crippen molar-refractivity contribution in [3.05, 3.63) is 51.5 Å². The van der Waals surface area contributed by atoms with E-state index in [1.165, 1.54) is 4.90 Å². The lowest BCUT2D eigenvalue weighted by Gasteiger charge is -2.17. The van der Waals surface area contributed by atoms with Gasteiger partial charge in [-0.1, -0.05) is 11.6 Å². The van der Waals surface area contributed by atoms with Crippen molar-refractivity contribution in [1.29, 1.82) is 0 Å². The van der Waals surface area contributed by atoms with Crippen LogP contribution in [0.2, 0.25) is 5.02 Å². The van der Waals surface area contributed by atoms with Gasteiger partial charge in [0, 0.05) is 28.8 Å². The zero-order valence-electron chi connectivity index (χ0n) is 16.4. The van der Waals surface area contributed by atoms with Crippen LogP contribution in [-0.2, 0) is 19.1 Å². The number of carbonyl (C=O) groups is 3. The van der Waals surface area contributed by atoms with Crippen LogP contribution < -0.4 is 15.0 Å². The molecule has 7 nitrogen and oxygen atoms in total. The fourth-order valence-electron chi connectivity index (χ4n) is 3.11. The quantitative estimate of drug-likeness (QED) is 0.613. The Hall–Kier alpha value is -2.58. The zero-order valence-corrected chi connectivity index (χ0v) is 18.7. The van der Waals surface area contributed by atoms with E-state index in [1.54, 1.807) is 50.4 Å². The molecular formula is C21H20BrClN2O5. The molecule has 2 aromatic rings. The maximum Gasteiger partial charge on any atom is 0.311 e. The third-order valence-electron chi connectivity index (χ3n) is 4.80. The number of hydrogen-bond donors (Lipinski definition) is 1. The van der Waals surface area contributed by atoms with E-state index in [-0.39, 0.29) is 18.9 Å². The molecule has 1 fully saturated rings. The van der Waals surface area contributed by atoms with Crippen LogP contribution in [0.5, 0.6) is 5.75 Å². The number of rotatable bonds is 6. The van der Waals surface area contributed by atoms with Crippen molar-refractivity contribution in [3.63, 3.8) is 0 Å². The molecule has 30 heavy (non-hydrogen) atoms. The Labute approximate surface area is 187 Å². The summed E-state index contributed by atoms with van der Waals surface area (Å²) in [6.07, 6.45) is 0.0356. The molecule has 0 saturated carbocycles. The summed E-state index contributed by atoms with van der Waals surface area (Å²) < 4.78 is 11.0. The van der Waals surface area contributed by atoms with E-state index < -0.39 is 24.4 Å². The van der Waals surface area contributed by atoms with E-state index >= 15 is 0 Å². The number of ether oxygens (including phenoxy) is 2. The maximum atomic E-state index is 12.4. The van der Waals surface area contributed by atoms with Crippen molar-refractivity contribution >= 4 is 56.7 Å². The Balaban J connectivity index is 1.54. The summed E-state index contributed by atoms with van der Waals surface area (Å²) >= 11 is 9.46. The molecule has 158 valence electrons. The number of carbonyl (C=O) groups excluding carboxylic acids is 3. The van der Waals surface area contributed by atoms with Crippen LogP contribution in [0.15, 0.2) is 40.9 Å². The smallest absolute Gasteiger partial charge is 0.311 e. The van der Waals surface area contributed by atoms with E-state index in [9.17, 15) is 14.4 Å². The third kappa shape index (κ3) is 4.94. The second-order valence-electron chi connectivity index (χ2n) is 6.79. The second kappa shape index (κ2) is 9.49. The lowest BCUT2D eigenvalue weighted by Crippen LogP contribution is -2.28. The Morgan fingerprint density at radius 3 is 2.60 bits per heavy atom. The van der Waals surface area contributed by atoms with E-state index in [0.29, 0.717) is 27.7 Å². The van der Waals surface area contributed by atoms with Crippen molar-refractivity contribution in [2.24, 2.45) is 5.92 Å². The average Bonchev–Trinajstić information content (AvgIpc) is 3.14. The van der Waals surface area contributed by atoms with Gasteiger partial charge in [0.2, 0.25) is 5.91 Å². The van der Waals surface area contributed by atoms with E-state index in [2.05, 4.69) is 21.2 Å². The van der Waals surface area contributed by atoms with E-state index in [4.69, 9.17) is 21.1 Å². The molecule has 3 rings (SSSR count). The highest BCUT2D eigenvalue weighted by molar-refractivity contribution is 9.10. The van der Waals surface area contributed by atoms with Gasteiger partial charge in [0.05, 0.1) is 18.1 Å². The highest BCUT2D eigenvalue weighted by atomic mass is 79.9. The van der Waals surface area contributed by atoms with Crippen LogP contribution in [0.4, 0.5) is 11.4 Å². The predicted octanol–water partition coefficient (Wildman–Crippen LogP) is 3.95. The number of methoxy groups -OCH3 is 1. The lowest BCUT2D eigenvalue weighted by atomic mass is 10.1. The molecule has 1 N–H and O–H groups in total. The number of anilines is 2. The number of nitrogens with zero attached hydrogens (tertiary/aromatic N) is 1. The number of hydrogen-bond acceptors (Lipinski definition) is 5. The Bertz CT molecular complexity index is 980. The summed E-state index contributed by atoms with van der Waals surface area (Å²) in [5.41, 5.74) is 1.91. The molecule has 1 saturated heterocycles. The van der Waals surface area contributed by atoms with Crippen LogP contribution in [0.1, 0.15) is 12.0 Å². The Kier molecular flexibility index (Phi) is 6.99. The molecule has 9 heteroatoms. The van der Waals surface area contributed by atoms with Crippen LogP contribution in [0.25, 0.3) is 0 Å². The summed E-state index contributed by atoms with van der Waals surface area (Å²) in [5.74, 6) is -1.20. The van der Waals surface area contributed by atoms with Gasteiger partial charge in [-0.15, -0.1) is 0 Å². The minimum atomic E-state index is -0.628. The normalized spacial score (nSPS) is 15.8. The topological polar surface area (TPSA) is 84.9 Å². The molecule has 0 spiro atoms. The molecule has 0 bridgehead atoms. The summed E-state index contributed by atoms with van der Waals surface area (Å²) in [6, 6.07) is 10.4. The van der Waals surface area contributed by atoms with Gasteiger partial charge in [0.15, 0.2) is 6.61 Å². The minimum absolute atomic E-state index is 0.0356. The van der Waals surface area contributed by atoms with Crippen LogP contribution in [0.3, 0.4) is 0 Å². The monoisotopic (exact) mass is 494 g/mol. The number of nitrogens with one attached hydrogen (secondary N) is 1. The fraction of sp³-hybridized carbons (Fsp3) is 0.286. The molecule has 0 unspecified atom stereocenters. The molecule has 1 atom stereocenters. The van der Waals surface area contributed by atoms with Gasteiger partial charge < -0.3 is 19.7 Å². The highest BCUT2D eigenvalue weighted by Crippen LogP contribution is 2.31. The van der Waals surface area contributed by atoms with Gasteiger partial charge in [-0.3, -0.25) is 14.4 Å². The lowest BCUT2D eigenvalue weighted by molar-refractivity contribution is -0.151. The zero-order chi connectivity index (χ0) is 21.8. The molecular weight excluding hydrogens is 476 g/mol. The Morgan fingerprint density at radius 2 is 1.93 bits per heavy atom. The van der Waals surface area contributed by atoms with E-state index in [1.807, 2.05) is 0 Å². The van der Waals surface area contributed by atoms with Gasteiger partial charge in [-0.2, -0.15) is 0 Å². The first kappa shape index (κ1) is 22.1. The molecule has 2 aromatic carbocycles. The minimum Gasteiger partial charge on any atom is -0.497 e. The number of esters is 1. The number of benzene rings is 2. The van der Waals surface area contributed by atoms with Gasteiger partial charge in [-0.05, 0) is 64.8 Å². The van der Waals surface area contributed by atoms with Crippen LogP contribution in [0, 0.1) is 12.8 Å². The predicted molar refractivity (Wildman–Crippen MR) is 117 cm³/mol. The highest BCUT2D eigenvalue weighted by Gasteiger charge is 2.36. The van der Waals surface area contributed by atoms with Crippen LogP contribution >= 0.6 is 27.5 Å². The third-order valence-corrected chi connectivity index (χ3v) is 6.18. The largest absolute Gasteiger partial charge is 0.497 e. The van der Waals surface area contributed by atoms with Gasteiger partial charge in [0.1, 0.15) is 5.75 Å². The molecule has 1 aliphatic rings. The molecule has 0 radical (unpaired) electrons. The SMILES string of the molecule is COc1ccc(N2C[C@@H](C(=O)OCC(=O)Nc3ccc(Br)c(Cl)c3C)CC2=O)cc1. The first-order valence-corrected chi connectivity index (χ1v) is 10.3. The summed E-state index contributed by atoms with van der Waals surface area (Å²) in [6.45, 7) is 1.53. The maximum absolute atomic E-state index is 12.4. The van der Waals surface area contributed by atoms with E-state index in [0.717, 1.165) is 4.47 Å².